The molecule has 0 saturated carbocycles. The second-order valence-electron chi connectivity index (χ2n) is 4.09. The van der Waals surface area contributed by atoms with E-state index in [2.05, 4.69) is 23.2 Å². The average Bonchev–Trinajstić information content (AvgIpc) is 2.94. The van der Waals surface area contributed by atoms with Crippen molar-refractivity contribution in [2.75, 3.05) is 5.88 Å². The van der Waals surface area contributed by atoms with Crippen LogP contribution in [0.2, 0.25) is 0 Å². The monoisotopic (exact) mass is 278 g/mol. The van der Waals surface area contributed by atoms with E-state index in [4.69, 9.17) is 16.0 Å². The number of aromatic nitrogens is 2. The number of hydrogen-bond acceptors (Lipinski definition) is 4. The lowest BCUT2D eigenvalue weighted by atomic mass is 10.2. The molecule has 0 N–H and O–H groups in total. The van der Waals surface area contributed by atoms with Gasteiger partial charge in [0.05, 0.1) is 0 Å². The maximum atomic E-state index is 5.78. The summed E-state index contributed by atoms with van der Waals surface area (Å²) in [5.74, 6) is 1.34. The first kappa shape index (κ1) is 11.7. The maximum Gasteiger partial charge on any atom is 0.183 e. The fourth-order valence-electron chi connectivity index (χ4n) is 1.80. The number of benzene rings is 1. The van der Waals surface area contributed by atoms with Gasteiger partial charge in [-0.05, 0) is 25.1 Å². The van der Waals surface area contributed by atoms with E-state index in [-0.39, 0.29) is 0 Å². The summed E-state index contributed by atoms with van der Waals surface area (Å²) in [6, 6.07) is 8.12. The Balaban J connectivity index is 2.02. The molecule has 0 saturated heterocycles. The number of fused-ring (bicyclic) bond motifs is 1. The Hall–Kier alpha value is -1.39. The van der Waals surface area contributed by atoms with Gasteiger partial charge in [0.1, 0.15) is 10.6 Å². The molecule has 3 nitrogen and oxygen atoms in total. The summed E-state index contributed by atoms with van der Waals surface area (Å²) >= 11 is 7.22. The number of furan rings is 1. The number of nitrogens with zero attached hydrogens (tertiary/aromatic N) is 2. The standard InChI is InChI=1S/C13H11ClN2OS/c1-8-2-3-10-9(6-8)7-11(17-10)13-16-15-12(18-13)4-5-14/h2-3,6-7H,4-5H2,1H3. The quantitative estimate of drug-likeness (QED) is 0.679. The van der Waals surface area contributed by atoms with Crippen LogP contribution in [0.1, 0.15) is 10.6 Å². The fraction of sp³-hybridized carbons (Fsp3) is 0.231. The van der Waals surface area contributed by atoms with Crippen molar-refractivity contribution in [1.82, 2.24) is 10.2 Å². The number of rotatable bonds is 3. The molecule has 1 aromatic carbocycles. The van der Waals surface area contributed by atoms with Crippen LogP contribution in [0.25, 0.3) is 21.7 Å². The van der Waals surface area contributed by atoms with Crippen LogP contribution in [-0.4, -0.2) is 16.1 Å². The summed E-state index contributed by atoms with van der Waals surface area (Å²) in [6.45, 7) is 2.07. The minimum Gasteiger partial charge on any atom is -0.453 e. The van der Waals surface area contributed by atoms with Crippen LogP contribution < -0.4 is 0 Å². The zero-order chi connectivity index (χ0) is 12.5. The third-order valence-electron chi connectivity index (χ3n) is 2.66. The number of halogens is 1. The largest absolute Gasteiger partial charge is 0.453 e. The molecule has 18 heavy (non-hydrogen) atoms. The molecule has 2 aromatic heterocycles. The lowest BCUT2D eigenvalue weighted by Crippen LogP contribution is -1.82. The molecule has 0 radical (unpaired) electrons. The first-order valence-electron chi connectivity index (χ1n) is 5.65. The van der Waals surface area contributed by atoms with Gasteiger partial charge in [-0.1, -0.05) is 23.0 Å². The molecule has 0 atom stereocenters. The lowest BCUT2D eigenvalue weighted by Gasteiger charge is -1.89. The second kappa shape index (κ2) is 4.71. The molecule has 0 aliphatic rings. The molecule has 5 heteroatoms. The summed E-state index contributed by atoms with van der Waals surface area (Å²) in [7, 11) is 0. The average molecular weight is 279 g/mol. The normalized spacial score (nSPS) is 11.2. The zero-order valence-corrected chi connectivity index (χ0v) is 11.4. The second-order valence-corrected chi connectivity index (χ2v) is 5.53. The van der Waals surface area contributed by atoms with Crippen LogP contribution in [0.15, 0.2) is 28.7 Å². The predicted molar refractivity (Wildman–Crippen MR) is 74.3 cm³/mol. The molecule has 0 amide bonds. The van der Waals surface area contributed by atoms with E-state index in [0.717, 1.165) is 33.2 Å². The molecule has 0 fully saturated rings. The summed E-state index contributed by atoms with van der Waals surface area (Å²) in [5, 5.41) is 11.1. The first-order valence-corrected chi connectivity index (χ1v) is 7.00. The Labute approximate surface area is 113 Å². The first-order chi connectivity index (χ1) is 8.76. The fourth-order valence-corrected chi connectivity index (χ4v) is 2.89. The van der Waals surface area contributed by atoms with Gasteiger partial charge in [-0.2, -0.15) is 0 Å². The lowest BCUT2D eigenvalue weighted by molar-refractivity contribution is 0.629. The van der Waals surface area contributed by atoms with E-state index >= 15 is 0 Å². The third-order valence-corrected chi connectivity index (χ3v) is 3.84. The van der Waals surface area contributed by atoms with Crippen molar-refractivity contribution in [1.29, 1.82) is 0 Å². The highest BCUT2D eigenvalue weighted by atomic mass is 35.5. The van der Waals surface area contributed by atoms with E-state index < -0.39 is 0 Å². The van der Waals surface area contributed by atoms with Crippen LogP contribution in [0, 0.1) is 6.92 Å². The van der Waals surface area contributed by atoms with Gasteiger partial charge in [0.25, 0.3) is 0 Å². The van der Waals surface area contributed by atoms with Crippen LogP contribution in [-0.2, 0) is 6.42 Å². The van der Waals surface area contributed by atoms with Crippen molar-refractivity contribution in [2.45, 2.75) is 13.3 Å². The molecule has 0 aliphatic carbocycles. The smallest absolute Gasteiger partial charge is 0.183 e. The Morgan fingerprint density at radius 1 is 1.28 bits per heavy atom. The molecule has 0 spiro atoms. The van der Waals surface area contributed by atoms with Crippen LogP contribution in [0.3, 0.4) is 0 Å². The molecule has 0 unspecified atom stereocenters. The van der Waals surface area contributed by atoms with Gasteiger partial charge < -0.3 is 4.42 Å². The van der Waals surface area contributed by atoms with E-state index in [1.165, 1.54) is 16.9 Å². The van der Waals surface area contributed by atoms with Crippen molar-refractivity contribution >= 4 is 33.9 Å². The highest BCUT2D eigenvalue weighted by Gasteiger charge is 2.11. The van der Waals surface area contributed by atoms with Gasteiger partial charge in [-0.3, -0.25) is 0 Å². The van der Waals surface area contributed by atoms with Crippen LogP contribution in [0.5, 0.6) is 0 Å². The summed E-state index contributed by atoms with van der Waals surface area (Å²) < 4.78 is 5.78. The third kappa shape index (κ3) is 2.13. The highest BCUT2D eigenvalue weighted by molar-refractivity contribution is 7.14. The zero-order valence-electron chi connectivity index (χ0n) is 9.81. The highest BCUT2D eigenvalue weighted by Crippen LogP contribution is 2.30. The van der Waals surface area contributed by atoms with Gasteiger partial charge in [-0.15, -0.1) is 21.8 Å². The van der Waals surface area contributed by atoms with Crippen molar-refractivity contribution in [3.63, 3.8) is 0 Å². The molecule has 3 rings (SSSR count). The van der Waals surface area contributed by atoms with Crippen molar-refractivity contribution in [3.8, 4) is 10.8 Å². The van der Waals surface area contributed by atoms with Crippen LogP contribution in [0.4, 0.5) is 0 Å². The van der Waals surface area contributed by atoms with Crippen LogP contribution >= 0.6 is 22.9 Å². The predicted octanol–water partition coefficient (Wildman–Crippen LogP) is 4.04. The van der Waals surface area contributed by atoms with Gasteiger partial charge in [0, 0.05) is 17.7 Å². The summed E-state index contributed by atoms with van der Waals surface area (Å²) in [5.41, 5.74) is 2.10. The minimum absolute atomic E-state index is 0.563. The molecule has 3 aromatic rings. The molecule has 0 aliphatic heterocycles. The Morgan fingerprint density at radius 2 is 2.17 bits per heavy atom. The van der Waals surface area contributed by atoms with E-state index in [0.29, 0.717) is 5.88 Å². The summed E-state index contributed by atoms with van der Waals surface area (Å²) in [6.07, 6.45) is 0.749. The van der Waals surface area contributed by atoms with E-state index in [1.807, 2.05) is 18.2 Å². The van der Waals surface area contributed by atoms with Gasteiger partial charge >= 0.3 is 0 Å². The SMILES string of the molecule is Cc1ccc2oc(-c3nnc(CCCl)s3)cc2c1. The molecule has 92 valence electrons. The number of alkyl halides is 1. The molecule has 0 bridgehead atoms. The van der Waals surface area contributed by atoms with Gasteiger partial charge in [0.15, 0.2) is 10.8 Å². The van der Waals surface area contributed by atoms with Crippen molar-refractivity contribution in [3.05, 3.63) is 34.8 Å². The number of hydrogen-bond donors (Lipinski definition) is 0. The Kier molecular flexibility index (Phi) is 3.06. The molecular weight excluding hydrogens is 268 g/mol. The Morgan fingerprint density at radius 3 is 3.00 bits per heavy atom. The summed E-state index contributed by atoms with van der Waals surface area (Å²) in [4.78, 5) is 0. The number of aryl methyl sites for hydroxylation is 2. The molecule has 2 heterocycles. The Bertz CT molecular complexity index is 689. The van der Waals surface area contributed by atoms with Gasteiger partial charge in [-0.25, -0.2) is 0 Å². The molecular formula is C13H11ClN2OS. The van der Waals surface area contributed by atoms with E-state index in [9.17, 15) is 0 Å². The topological polar surface area (TPSA) is 38.9 Å². The maximum absolute atomic E-state index is 5.78. The van der Waals surface area contributed by atoms with E-state index in [1.54, 1.807) is 0 Å². The minimum atomic E-state index is 0.563. The van der Waals surface area contributed by atoms with Crippen molar-refractivity contribution < 1.29 is 4.42 Å². The van der Waals surface area contributed by atoms with Gasteiger partial charge in [0.2, 0.25) is 0 Å². The van der Waals surface area contributed by atoms with Crippen molar-refractivity contribution in [2.24, 2.45) is 0 Å².